The summed E-state index contributed by atoms with van der Waals surface area (Å²) in [5.74, 6) is -1.73. The highest BCUT2D eigenvalue weighted by Gasteiger charge is 2.20. The average molecular weight is 292 g/mol. The molecule has 0 heterocycles. The summed E-state index contributed by atoms with van der Waals surface area (Å²) in [6, 6.07) is 5.24. The minimum Gasteiger partial charge on any atom is -0.480 e. The number of nitrogens with two attached hydrogens (primary N) is 1. The Hall–Kier alpha value is -2.21. The van der Waals surface area contributed by atoms with Gasteiger partial charge < -0.3 is 16.2 Å². The molecule has 0 aliphatic heterocycles. The van der Waals surface area contributed by atoms with E-state index in [2.05, 4.69) is 5.32 Å². The van der Waals surface area contributed by atoms with Crippen molar-refractivity contribution in [3.05, 3.63) is 35.4 Å². The van der Waals surface area contributed by atoms with Crippen molar-refractivity contribution >= 4 is 17.7 Å². The van der Waals surface area contributed by atoms with Crippen molar-refractivity contribution < 1.29 is 19.5 Å². The van der Waals surface area contributed by atoms with E-state index in [1.807, 2.05) is 0 Å². The molecule has 21 heavy (non-hydrogen) atoms. The highest BCUT2D eigenvalue weighted by Crippen LogP contribution is 2.08. The van der Waals surface area contributed by atoms with E-state index in [1.165, 1.54) is 13.0 Å². The molecule has 0 fully saturated rings. The number of benzene rings is 1. The third kappa shape index (κ3) is 5.35. The van der Waals surface area contributed by atoms with Crippen molar-refractivity contribution in [1.82, 2.24) is 5.32 Å². The van der Waals surface area contributed by atoms with Gasteiger partial charge in [0, 0.05) is 11.1 Å². The van der Waals surface area contributed by atoms with Crippen molar-refractivity contribution in [1.29, 1.82) is 0 Å². The highest BCUT2D eigenvalue weighted by atomic mass is 16.4. The normalized spacial score (nSPS) is 11.7. The summed E-state index contributed by atoms with van der Waals surface area (Å²) in [5, 5.41) is 11.6. The van der Waals surface area contributed by atoms with Crippen LogP contribution in [-0.2, 0) is 4.79 Å². The molecule has 0 unspecified atom stereocenters. The molecule has 0 aromatic heterocycles. The van der Waals surface area contributed by atoms with Gasteiger partial charge in [-0.05, 0) is 44.9 Å². The van der Waals surface area contributed by atoms with Crippen LogP contribution in [0.1, 0.15) is 46.9 Å². The van der Waals surface area contributed by atoms with Gasteiger partial charge in [0.05, 0.1) is 0 Å². The summed E-state index contributed by atoms with van der Waals surface area (Å²) in [6.45, 7) is 1.89. The van der Waals surface area contributed by atoms with Gasteiger partial charge in [-0.25, -0.2) is 4.79 Å². The van der Waals surface area contributed by atoms with Gasteiger partial charge in [0.25, 0.3) is 5.91 Å². The van der Waals surface area contributed by atoms with Crippen LogP contribution in [0.4, 0.5) is 0 Å². The summed E-state index contributed by atoms with van der Waals surface area (Å²) in [6.07, 6.45) is 1.66. The lowest BCUT2D eigenvalue weighted by Gasteiger charge is -2.14. The molecule has 1 aromatic rings. The Morgan fingerprint density at radius 2 is 1.90 bits per heavy atom. The molecule has 114 valence electrons. The zero-order chi connectivity index (χ0) is 15.8. The Morgan fingerprint density at radius 3 is 2.48 bits per heavy atom. The van der Waals surface area contributed by atoms with E-state index in [9.17, 15) is 14.4 Å². The minimum absolute atomic E-state index is 0.151. The van der Waals surface area contributed by atoms with Gasteiger partial charge in [0.15, 0.2) is 5.78 Å². The van der Waals surface area contributed by atoms with E-state index in [4.69, 9.17) is 10.8 Å². The second-order valence-corrected chi connectivity index (χ2v) is 4.79. The van der Waals surface area contributed by atoms with Crippen LogP contribution in [0.25, 0.3) is 0 Å². The van der Waals surface area contributed by atoms with Crippen LogP contribution in [-0.4, -0.2) is 35.4 Å². The zero-order valence-electron chi connectivity index (χ0n) is 12.0. The Kier molecular flexibility index (Phi) is 6.55. The van der Waals surface area contributed by atoms with Crippen molar-refractivity contribution in [2.45, 2.75) is 32.2 Å². The fraction of sp³-hybridized carbons (Fsp3) is 0.400. The number of rotatable bonds is 8. The molecule has 0 spiro atoms. The quantitative estimate of drug-likeness (QED) is 0.492. The van der Waals surface area contributed by atoms with E-state index in [-0.39, 0.29) is 11.3 Å². The number of carboxylic acid groups (broad SMARTS) is 1. The maximum atomic E-state index is 12.1. The number of amides is 1. The van der Waals surface area contributed by atoms with Gasteiger partial charge in [-0.15, -0.1) is 0 Å². The second kappa shape index (κ2) is 8.16. The van der Waals surface area contributed by atoms with E-state index in [1.54, 1.807) is 18.2 Å². The fourth-order valence-corrected chi connectivity index (χ4v) is 1.87. The van der Waals surface area contributed by atoms with Crippen molar-refractivity contribution in [2.24, 2.45) is 5.73 Å². The first-order valence-corrected chi connectivity index (χ1v) is 6.80. The Balaban J connectivity index is 2.75. The SMILES string of the molecule is CC(=O)c1cccc(C(=O)N[C@@H](CCCCN)C(=O)O)c1. The van der Waals surface area contributed by atoms with E-state index in [0.717, 1.165) is 0 Å². The zero-order valence-corrected chi connectivity index (χ0v) is 12.0. The predicted octanol–water partition coefficient (Wildman–Crippen LogP) is 1.20. The van der Waals surface area contributed by atoms with Crippen LogP contribution in [0.3, 0.4) is 0 Å². The summed E-state index contributed by atoms with van der Waals surface area (Å²) in [5.41, 5.74) is 6.05. The molecule has 6 heteroatoms. The number of ketones is 1. The number of carbonyl (C=O) groups is 3. The van der Waals surface area contributed by atoms with E-state index in [0.29, 0.717) is 31.4 Å². The smallest absolute Gasteiger partial charge is 0.326 e. The molecule has 0 radical (unpaired) electrons. The number of unbranched alkanes of at least 4 members (excludes halogenated alkanes) is 1. The van der Waals surface area contributed by atoms with Crippen LogP contribution in [0.2, 0.25) is 0 Å². The lowest BCUT2D eigenvalue weighted by molar-refractivity contribution is -0.139. The third-order valence-electron chi connectivity index (χ3n) is 3.08. The standard InChI is InChI=1S/C15H20N2O4/c1-10(18)11-5-4-6-12(9-11)14(19)17-13(15(20)21)7-2-3-8-16/h4-6,9,13H,2-3,7-8,16H2,1H3,(H,17,19)(H,20,21)/t13-/m0/s1. The molecule has 1 atom stereocenters. The van der Waals surface area contributed by atoms with Crippen molar-refractivity contribution in [3.63, 3.8) is 0 Å². The maximum absolute atomic E-state index is 12.1. The Bertz CT molecular complexity index is 528. The number of nitrogens with one attached hydrogen (secondary N) is 1. The Labute approximate surface area is 123 Å². The van der Waals surface area contributed by atoms with Crippen LogP contribution in [0.5, 0.6) is 0 Å². The number of hydrogen-bond acceptors (Lipinski definition) is 4. The van der Waals surface area contributed by atoms with Gasteiger partial charge in [-0.1, -0.05) is 12.1 Å². The molecule has 6 nitrogen and oxygen atoms in total. The predicted molar refractivity (Wildman–Crippen MR) is 78.2 cm³/mol. The maximum Gasteiger partial charge on any atom is 0.326 e. The molecule has 0 bridgehead atoms. The van der Waals surface area contributed by atoms with Gasteiger partial charge in [-0.3, -0.25) is 9.59 Å². The molecular formula is C15H20N2O4. The average Bonchev–Trinajstić information content (AvgIpc) is 2.46. The lowest BCUT2D eigenvalue weighted by atomic mass is 10.1. The van der Waals surface area contributed by atoms with Gasteiger partial charge in [0.1, 0.15) is 6.04 Å². The second-order valence-electron chi connectivity index (χ2n) is 4.79. The molecule has 4 N–H and O–H groups in total. The van der Waals surface area contributed by atoms with Crippen molar-refractivity contribution in [3.8, 4) is 0 Å². The molecule has 0 aliphatic carbocycles. The van der Waals surface area contributed by atoms with Crippen LogP contribution < -0.4 is 11.1 Å². The van der Waals surface area contributed by atoms with E-state index >= 15 is 0 Å². The topological polar surface area (TPSA) is 109 Å². The van der Waals surface area contributed by atoms with Gasteiger partial charge in [0.2, 0.25) is 0 Å². The third-order valence-corrected chi connectivity index (χ3v) is 3.08. The van der Waals surface area contributed by atoms with Crippen LogP contribution in [0.15, 0.2) is 24.3 Å². The molecule has 0 saturated carbocycles. The number of Topliss-reactive ketones (excluding diaryl/α,β-unsaturated/α-hetero) is 1. The number of hydrogen-bond donors (Lipinski definition) is 3. The highest BCUT2D eigenvalue weighted by molar-refractivity contribution is 6.00. The Morgan fingerprint density at radius 1 is 1.24 bits per heavy atom. The fourth-order valence-electron chi connectivity index (χ4n) is 1.87. The molecular weight excluding hydrogens is 272 g/mol. The van der Waals surface area contributed by atoms with Crippen LogP contribution >= 0.6 is 0 Å². The molecule has 1 amide bonds. The largest absolute Gasteiger partial charge is 0.480 e. The number of carbonyl (C=O) groups excluding carboxylic acids is 2. The molecule has 1 aromatic carbocycles. The summed E-state index contributed by atoms with van der Waals surface area (Å²) >= 11 is 0. The molecule has 1 rings (SSSR count). The van der Waals surface area contributed by atoms with E-state index < -0.39 is 17.9 Å². The van der Waals surface area contributed by atoms with Gasteiger partial charge in [-0.2, -0.15) is 0 Å². The summed E-state index contributed by atoms with van der Waals surface area (Å²) in [4.78, 5) is 34.5. The van der Waals surface area contributed by atoms with Crippen molar-refractivity contribution in [2.75, 3.05) is 6.54 Å². The lowest BCUT2D eigenvalue weighted by Crippen LogP contribution is -2.40. The first-order valence-electron chi connectivity index (χ1n) is 6.80. The number of carboxylic acids is 1. The molecule has 0 saturated heterocycles. The summed E-state index contributed by atoms with van der Waals surface area (Å²) in [7, 11) is 0. The monoisotopic (exact) mass is 292 g/mol. The summed E-state index contributed by atoms with van der Waals surface area (Å²) < 4.78 is 0. The van der Waals surface area contributed by atoms with Crippen LogP contribution in [0, 0.1) is 0 Å². The number of aliphatic carboxylic acids is 1. The first kappa shape index (κ1) is 16.8. The first-order chi connectivity index (χ1) is 9.95. The van der Waals surface area contributed by atoms with Gasteiger partial charge >= 0.3 is 5.97 Å². The minimum atomic E-state index is -1.08. The molecule has 0 aliphatic rings.